The Hall–Kier alpha value is -1.85. The summed E-state index contributed by atoms with van der Waals surface area (Å²) in [4.78, 5) is 11.6. The minimum Gasteiger partial charge on any atom is -0.496 e. The number of carbonyl (C=O) groups excluding carboxylic acids is 1. The third-order valence-electron chi connectivity index (χ3n) is 3.87. The van der Waals surface area contributed by atoms with Crippen molar-refractivity contribution in [3.8, 4) is 17.2 Å². The Bertz CT molecular complexity index is 791. The molecule has 0 saturated heterocycles. The van der Waals surface area contributed by atoms with Crippen molar-refractivity contribution in [2.24, 2.45) is 0 Å². The van der Waals surface area contributed by atoms with Crippen LogP contribution < -0.4 is 14.2 Å². The molecular weight excluding hydrogens is 360 g/mol. The highest BCUT2D eigenvalue weighted by Gasteiger charge is 2.16. The lowest BCUT2D eigenvalue weighted by molar-refractivity contribution is 0.101. The van der Waals surface area contributed by atoms with Crippen molar-refractivity contribution in [1.29, 1.82) is 0 Å². The molecule has 0 bridgehead atoms. The molecule has 6 heteroatoms. The van der Waals surface area contributed by atoms with Crippen molar-refractivity contribution in [3.63, 3.8) is 0 Å². The van der Waals surface area contributed by atoms with Crippen LogP contribution in [0.1, 0.15) is 28.4 Å². The highest BCUT2D eigenvalue weighted by Crippen LogP contribution is 2.39. The van der Waals surface area contributed by atoms with Gasteiger partial charge in [-0.15, -0.1) is 0 Å². The maximum atomic E-state index is 11.6. The Balaban J connectivity index is 1.70. The number of thioether (sulfide) groups is 1. The van der Waals surface area contributed by atoms with Crippen LogP contribution in [-0.2, 0) is 11.5 Å². The largest absolute Gasteiger partial charge is 0.496 e. The number of halogens is 1. The molecular formula is C19H19ClO4S. The molecule has 0 aliphatic carbocycles. The van der Waals surface area contributed by atoms with Gasteiger partial charge >= 0.3 is 0 Å². The van der Waals surface area contributed by atoms with E-state index in [-0.39, 0.29) is 5.78 Å². The summed E-state index contributed by atoms with van der Waals surface area (Å²) in [5, 5.41) is 0.573. The maximum Gasteiger partial charge on any atom is 0.179 e. The number of fused-ring (bicyclic) bond motifs is 1. The molecule has 132 valence electrons. The van der Waals surface area contributed by atoms with E-state index in [1.54, 1.807) is 31.9 Å². The van der Waals surface area contributed by atoms with E-state index in [1.165, 1.54) is 0 Å². The third kappa shape index (κ3) is 4.22. The summed E-state index contributed by atoms with van der Waals surface area (Å²) >= 11 is 8.00. The zero-order chi connectivity index (χ0) is 17.8. The van der Waals surface area contributed by atoms with E-state index in [4.69, 9.17) is 25.8 Å². The first-order valence-electron chi connectivity index (χ1n) is 7.92. The van der Waals surface area contributed by atoms with E-state index in [0.29, 0.717) is 35.3 Å². The Labute approximate surface area is 156 Å². The Morgan fingerprint density at radius 1 is 1.20 bits per heavy atom. The van der Waals surface area contributed by atoms with Crippen LogP contribution in [0.5, 0.6) is 17.2 Å². The van der Waals surface area contributed by atoms with Gasteiger partial charge in [0.05, 0.1) is 12.1 Å². The lowest BCUT2D eigenvalue weighted by Gasteiger charge is -2.20. The average molecular weight is 379 g/mol. The van der Waals surface area contributed by atoms with Gasteiger partial charge in [0.2, 0.25) is 0 Å². The van der Waals surface area contributed by atoms with Gasteiger partial charge in [-0.05, 0) is 42.8 Å². The predicted octanol–water partition coefficient (Wildman–Crippen LogP) is 4.76. The molecule has 0 aromatic heterocycles. The van der Waals surface area contributed by atoms with E-state index in [0.717, 1.165) is 28.4 Å². The molecule has 0 amide bonds. The van der Waals surface area contributed by atoms with Gasteiger partial charge in [-0.25, -0.2) is 0 Å². The number of benzene rings is 2. The number of rotatable bonds is 6. The number of hydrogen-bond acceptors (Lipinski definition) is 5. The van der Waals surface area contributed by atoms with E-state index < -0.39 is 0 Å². The van der Waals surface area contributed by atoms with E-state index in [2.05, 4.69) is 0 Å². The quantitative estimate of drug-likeness (QED) is 0.678. The smallest absolute Gasteiger partial charge is 0.179 e. The topological polar surface area (TPSA) is 44.8 Å². The lowest BCUT2D eigenvalue weighted by Crippen LogP contribution is -2.15. The zero-order valence-electron chi connectivity index (χ0n) is 14.1. The van der Waals surface area contributed by atoms with Gasteiger partial charge in [0, 0.05) is 22.6 Å². The van der Waals surface area contributed by atoms with E-state index in [9.17, 15) is 4.79 Å². The monoisotopic (exact) mass is 378 g/mol. The Morgan fingerprint density at radius 3 is 2.76 bits per heavy atom. The summed E-state index contributed by atoms with van der Waals surface area (Å²) < 4.78 is 16.5. The van der Waals surface area contributed by atoms with Crippen molar-refractivity contribution in [1.82, 2.24) is 0 Å². The summed E-state index contributed by atoms with van der Waals surface area (Å²) in [6, 6.07) is 9.40. The van der Waals surface area contributed by atoms with Crippen molar-refractivity contribution >= 4 is 29.1 Å². The van der Waals surface area contributed by atoms with E-state index >= 15 is 0 Å². The molecule has 1 heterocycles. The molecule has 0 fully saturated rings. The standard InChI is InChI=1S/C19H19ClO4S/c1-12(21)14-3-4-17(22-2)15(9-14)11-25-10-13-7-16(20)19-18(8-13)23-5-6-24-19/h3-4,7-9H,5-6,10-11H2,1-2H3. The average Bonchev–Trinajstić information content (AvgIpc) is 2.61. The van der Waals surface area contributed by atoms with Crippen LogP contribution in [0.2, 0.25) is 5.02 Å². The number of ether oxygens (including phenoxy) is 3. The SMILES string of the molecule is COc1ccc(C(C)=O)cc1CSCc1cc(Cl)c2c(c1)OCCO2. The summed E-state index contributed by atoms with van der Waals surface area (Å²) in [6.07, 6.45) is 0. The highest BCUT2D eigenvalue weighted by molar-refractivity contribution is 7.97. The fraction of sp³-hybridized carbons (Fsp3) is 0.316. The van der Waals surface area contributed by atoms with E-state index in [1.807, 2.05) is 24.3 Å². The first kappa shape index (κ1) is 18.0. The van der Waals surface area contributed by atoms with Crippen molar-refractivity contribution < 1.29 is 19.0 Å². The fourth-order valence-corrected chi connectivity index (χ4v) is 3.87. The van der Waals surface area contributed by atoms with Crippen molar-refractivity contribution in [2.75, 3.05) is 20.3 Å². The molecule has 2 aromatic rings. The first-order valence-corrected chi connectivity index (χ1v) is 9.45. The number of hydrogen-bond donors (Lipinski definition) is 0. The normalized spacial score (nSPS) is 12.8. The van der Waals surface area contributed by atoms with Gasteiger partial charge in [0.25, 0.3) is 0 Å². The molecule has 4 nitrogen and oxygen atoms in total. The molecule has 2 aromatic carbocycles. The van der Waals surface area contributed by atoms with Gasteiger partial charge in [0.1, 0.15) is 19.0 Å². The number of methoxy groups -OCH3 is 1. The molecule has 0 unspecified atom stereocenters. The second-order valence-corrected chi connectivity index (χ2v) is 7.07. The minimum absolute atomic E-state index is 0.0486. The van der Waals surface area contributed by atoms with Gasteiger partial charge in [-0.3, -0.25) is 4.79 Å². The summed E-state index contributed by atoms with van der Waals surface area (Å²) in [5.41, 5.74) is 2.77. The minimum atomic E-state index is 0.0486. The van der Waals surface area contributed by atoms with Gasteiger partial charge in [0.15, 0.2) is 17.3 Å². The summed E-state index contributed by atoms with van der Waals surface area (Å²) in [5.74, 6) is 3.66. The molecule has 25 heavy (non-hydrogen) atoms. The Morgan fingerprint density at radius 2 is 2.00 bits per heavy atom. The summed E-state index contributed by atoms with van der Waals surface area (Å²) in [7, 11) is 1.64. The van der Waals surface area contributed by atoms with Crippen LogP contribution in [0.25, 0.3) is 0 Å². The van der Waals surface area contributed by atoms with Crippen molar-refractivity contribution in [3.05, 3.63) is 52.0 Å². The maximum absolute atomic E-state index is 11.6. The third-order valence-corrected chi connectivity index (χ3v) is 5.20. The first-order chi connectivity index (χ1) is 12.1. The van der Waals surface area contributed by atoms with Crippen LogP contribution in [-0.4, -0.2) is 26.1 Å². The Kier molecular flexibility index (Phi) is 5.76. The van der Waals surface area contributed by atoms with Gasteiger partial charge < -0.3 is 14.2 Å². The molecule has 3 rings (SSSR count). The molecule has 0 radical (unpaired) electrons. The predicted molar refractivity (Wildman–Crippen MR) is 100 cm³/mol. The van der Waals surface area contributed by atoms with Crippen LogP contribution in [0.15, 0.2) is 30.3 Å². The number of ketones is 1. The molecule has 1 aliphatic rings. The fourth-order valence-electron chi connectivity index (χ4n) is 2.64. The molecule has 0 atom stereocenters. The second kappa shape index (κ2) is 8.02. The molecule has 0 N–H and O–H groups in total. The van der Waals surface area contributed by atoms with Crippen LogP contribution in [0.4, 0.5) is 0 Å². The van der Waals surface area contributed by atoms with Crippen LogP contribution >= 0.6 is 23.4 Å². The molecule has 0 spiro atoms. The molecule has 1 aliphatic heterocycles. The van der Waals surface area contributed by atoms with Crippen molar-refractivity contribution in [2.45, 2.75) is 18.4 Å². The lowest BCUT2D eigenvalue weighted by atomic mass is 10.1. The summed E-state index contributed by atoms with van der Waals surface area (Å²) in [6.45, 7) is 2.62. The van der Waals surface area contributed by atoms with Crippen LogP contribution in [0.3, 0.4) is 0 Å². The van der Waals surface area contributed by atoms with Gasteiger partial charge in [-0.2, -0.15) is 11.8 Å². The zero-order valence-corrected chi connectivity index (χ0v) is 15.7. The van der Waals surface area contributed by atoms with Crippen LogP contribution in [0, 0.1) is 0 Å². The number of Topliss-reactive ketones (excluding diaryl/α,β-unsaturated/α-hetero) is 1. The molecule has 0 saturated carbocycles. The highest BCUT2D eigenvalue weighted by atomic mass is 35.5. The second-order valence-electron chi connectivity index (χ2n) is 5.68. The van der Waals surface area contributed by atoms with Gasteiger partial charge in [-0.1, -0.05) is 11.6 Å². The number of carbonyl (C=O) groups is 1.